The number of methoxy groups -OCH3 is 1. The minimum atomic E-state index is 0.858. The quantitative estimate of drug-likeness (QED) is 0.749. The summed E-state index contributed by atoms with van der Waals surface area (Å²) >= 11 is 0. The Balaban J connectivity index is 2.42. The maximum absolute atomic E-state index is 5.33. The van der Waals surface area contributed by atoms with Crippen molar-refractivity contribution in [3.05, 3.63) is 72.3 Å². The third-order valence-electron chi connectivity index (χ3n) is 2.55. The summed E-state index contributed by atoms with van der Waals surface area (Å²) in [5.41, 5.74) is 3.14. The van der Waals surface area contributed by atoms with Gasteiger partial charge in [0.1, 0.15) is 5.75 Å². The molecule has 1 nitrogen and oxygen atoms in total. The number of rotatable bonds is 3. The fourth-order valence-corrected chi connectivity index (χ4v) is 1.69. The molecular formula is C15H14O. The predicted octanol–water partition coefficient (Wildman–Crippen LogP) is 3.76. The van der Waals surface area contributed by atoms with Crippen molar-refractivity contribution in [1.29, 1.82) is 0 Å². The molecule has 2 rings (SSSR count). The van der Waals surface area contributed by atoms with Gasteiger partial charge in [-0.15, -0.1) is 0 Å². The Hall–Kier alpha value is -2.02. The van der Waals surface area contributed by atoms with Gasteiger partial charge in [0, 0.05) is 5.56 Å². The zero-order valence-electron chi connectivity index (χ0n) is 9.31. The van der Waals surface area contributed by atoms with E-state index in [9.17, 15) is 0 Å². The van der Waals surface area contributed by atoms with E-state index in [-0.39, 0.29) is 0 Å². The van der Waals surface area contributed by atoms with Gasteiger partial charge < -0.3 is 4.74 Å². The van der Waals surface area contributed by atoms with Crippen molar-refractivity contribution in [1.82, 2.24) is 0 Å². The lowest BCUT2D eigenvalue weighted by Gasteiger charge is -2.10. The van der Waals surface area contributed by atoms with E-state index in [1.165, 1.54) is 0 Å². The van der Waals surface area contributed by atoms with Crippen molar-refractivity contribution in [3.8, 4) is 5.75 Å². The smallest absolute Gasteiger partial charge is 0.126 e. The summed E-state index contributed by atoms with van der Waals surface area (Å²) in [5.74, 6) is 0.858. The predicted molar refractivity (Wildman–Crippen MR) is 67.6 cm³/mol. The van der Waals surface area contributed by atoms with Gasteiger partial charge in [-0.25, -0.2) is 0 Å². The zero-order valence-corrected chi connectivity index (χ0v) is 9.31. The van der Waals surface area contributed by atoms with E-state index in [1.54, 1.807) is 7.11 Å². The lowest BCUT2D eigenvalue weighted by Crippen LogP contribution is -1.91. The molecule has 0 bridgehead atoms. The molecule has 0 fully saturated rings. The Morgan fingerprint density at radius 1 is 0.938 bits per heavy atom. The summed E-state index contributed by atoms with van der Waals surface area (Å²) in [7, 11) is 1.68. The maximum atomic E-state index is 5.33. The Morgan fingerprint density at radius 3 is 2.25 bits per heavy atom. The Labute approximate surface area is 96.0 Å². The standard InChI is InChI=1S/C15H14O/c1-12(13-8-4-3-5-9-13)14-10-6-7-11-15(14)16-2/h3-11H,1H2,2H3. The summed E-state index contributed by atoms with van der Waals surface area (Å²) in [6.45, 7) is 4.12. The van der Waals surface area contributed by atoms with E-state index in [1.807, 2.05) is 42.5 Å². The monoisotopic (exact) mass is 210 g/mol. The molecule has 0 saturated carbocycles. The molecule has 0 aliphatic heterocycles. The highest BCUT2D eigenvalue weighted by Crippen LogP contribution is 2.28. The van der Waals surface area contributed by atoms with Gasteiger partial charge >= 0.3 is 0 Å². The summed E-state index contributed by atoms with van der Waals surface area (Å²) in [4.78, 5) is 0. The normalized spacial score (nSPS) is 9.81. The molecule has 0 atom stereocenters. The van der Waals surface area contributed by atoms with E-state index in [0.717, 1.165) is 22.4 Å². The average molecular weight is 210 g/mol. The molecule has 0 saturated heterocycles. The molecule has 0 heterocycles. The second-order valence-corrected chi connectivity index (χ2v) is 3.54. The van der Waals surface area contributed by atoms with Gasteiger partial charge in [-0.1, -0.05) is 55.1 Å². The lowest BCUT2D eigenvalue weighted by atomic mass is 9.99. The maximum Gasteiger partial charge on any atom is 0.126 e. The Bertz CT molecular complexity index is 486. The molecular weight excluding hydrogens is 196 g/mol. The Kier molecular flexibility index (Phi) is 3.06. The third kappa shape index (κ3) is 1.98. The highest BCUT2D eigenvalue weighted by molar-refractivity contribution is 5.81. The van der Waals surface area contributed by atoms with Crippen LogP contribution in [-0.4, -0.2) is 7.11 Å². The topological polar surface area (TPSA) is 9.23 Å². The molecule has 0 spiro atoms. The molecule has 0 N–H and O–H groups in total. The molecule has 0 amide bonds. The second-order valence-electron chi connectivity index (χ2n) is 3.54. The molecule has 0 aromatic heterocycles. The fraction of sp³-hybridized carbons (Fsp3) is 0.0667. The highest BCUT2D eigenvalue weighted by Gasteiger charge is 2.06. The van der Waals surface area contributed by atoms with Crippen LogP contribution in [0.1, 0.15) is 11.1 Å². The number of hydrogen-bond donors (Lipinski definition) is 0. The number of benzene rings is 2. The van der Waals surface area contributed by atoms with E-state index < -0.39 is 0 Å². The van der Waals surface area contributed by atoms with Crippen molar-refractivity contribution in [2.75, 3.05) is 7.11 Å². The van der Waals surface area contributed by atoms with Crippen molar-refractivity contribution in [2.45, 2.75) is 0 Å². The third-order valence-corrected chi connectivity index (χ3v) is 2.55. The first kappa shape index (κ1) is 10.5. The highest BCUT2D eigenvalue weighted by atomic mass is 16.5. The van der Waals surface area contributed by atoms with Crippen LogP contribution in [0, 0.1) is 0 Å². The summed E-state index contributed by atoms with van der Waals surface area (Å²) in [5, 5.41) is 0. The van der Waals surface area contributed by atoms with Crippen LogP contribution >= 0.6 is 0 Å². The van der Waals surface area contributed by atoms with Crippen molar-refractivity contribution >= 4 is 5.57 Å². The first-order chi connectivity index (χ1) is 7.83. The lowest BCUT2D eigenvalue weighted by molar-refractivity contribution is 0.413. The van der Waals surface area contributed by atoms with Crippen LogP contribution < -0.4 is 4.74 Å². The summed E-state index contributed by atoms with van der Waals surface area (Å²) in [6, 6.07) is 18.0. The van der Waals surface area contributed by atoms with E-state index in [2.05, 4.69) is 18.7 Å². The second kappa shape index (κ2) is 4.67. The van der Waals surface area contributed by atoms with Crippen molar-refractivity contribution in [3.63, 3.8) is 0 Å². The van der Waals surface area contributed by atoms with Gasteiger partial charge in [0.2, 0.25) is 0 Å². The van der Waals surface area contributed by atoms with E-state index >= 15 is 0 Å². The minimum absolute atomic E-state index is 0.858. The molecule has 1 heteroatoms. The van der Waals surface area contributed by atoms with Crippen LogP contribution in [0.5, 0.6) is 5.75 Å². The number of hydrogen-bond acceptors (Lipinski definition) is 1. The van der Waals surface area contributed by atoms with Crippen LogP contribution in [0.15, 0.2) is 61.2 Å². The van der Waals surface area contributed by atoms with Gasteiger partial charge in [-0.3, -0.25) is 0 Å². The molecule has 0 unspecified atom stereocenters. The largest absolute Gasteiger partial charge is 0.496 e. The van der Waals surface area contributed by atoms with Gasteiger partial charge in [-0.05, 0) is 17.2 Å². The van der Waals surface area contributed by atoms with E-state index in [0.29, 0.717) is 0 Å². The minimum Gasteiger partial charge on any atom is -0.496 e. The first-order valence-corrected chi connectivity index (χ1v) is 5.20. The van der Waals surface area contributed by atoms with Crippen molar-refractivity contribution < 1.29 is 4.74 Å². The van der Waals surface area contributed by atoms with Gasteiger partial charge in [0.25, 0.3) is 0 Å². The molecule has 0 aliphatic rings. The van der Waals surface area contributed by atoms with E-state index in [4.69, 9.17) is 4.74 Å². The molecule has 0 radical (unpaired) electrons. The van der Waals surface area contributed by atoms with Crippen LogP contribution in [0.25, 0.3) is 5.57 Å². The fourth-order valence-electron chi connectivity index (χ4n) is 1.69. The number of para-hydroxylation sites is 1. The number of ether oxygens (including phenoxy) is 1. The molecule has 16 heavy (non-hydrogen) atoms. The van der Waals surface area contributed by atoms with Gasteiger partial charge in [0.15, 0.2) is 0 Å². The van der Waals surface area contributed by atoms with Crippen LogP contribution in [0.3, 0.4) is 0 Å². The molecule has 2 aromatic carbocycles. The molecule has 2 aromatic rings. The van der Waals surface area contributed by atoms with Gasteiger partial charge in [-0.2, -0.15) is 0 Å². The Morgan fingerprint density at radius 2 is 1.56 bits per heavy atom. The summed E-state index contributed by atoms with van der Waals surface area (Å²) in [6.07, 6.45) is 0. The molecule has 0 aliphatic carbocycles. The first-order valence-electron chi connectivity index (χ1n) is 5.20. The van der Waals surface area contributed by atoms with Crippen LogP contribution in [0.4, 0.5) is 0 Å². The van der Waals surface area contributed by atoms with Crippen LogP contribution in [0.2, 0.25) is 0 Å². The SMILES string of the molecule is C=C(c1ccccc1)c1ccccc1OC. The van der Waals surface area contributed by atoms with Crippen molar-refractivity contribution in [2.24, 2.45) is 0 Å². The zero-order chi connectivity index (χ0) is 11.4. The molecule has 80 valence electrons. The summed E-state index contributed by atoms with van der Waals surface area (Å²) < 4.78 is 5.33. The van der Waals surface area contributed by atoms with Crippen LogP contribution in [-0.2, 0) is 0 Å². The average Bonchev–Trinajstić information content (AvgIpc) is 2.39. The van der Waals surface area contributed by atoms with Gasteiger partial charge in [0.05, 0.1) is 7.11 Å².